The number of nitrogens with zero attached hydrogens (tertiary/aromatic N) is 2. The molecule has 1 saturated heterocycles. The summed E-state index contributed by atoms with van der Waals surface area (Å²) in [6.45, 7) is 7.17. The second kappa shape index (κ2) is 6.52. The molecule has 128 valence electrons. The molecule has 1 aliphatic heterocycles. The van der Waals surface area contributed by atoms with Gasteiger partial charge < -0.3 is 10.2 Å². The molecule has 0 spiro atoms. The molecule has 2 aromatic rings. The Morgan fingerprint density at radius 3 is 2.83 bits per heavy atom. The molecular weight excluding hydrogens is 298 g/mol. The number of carbonyl (C=O) groups excluding carboxylic acids is 1. The van der Waals surface area contributed by atoms with Crippen molar-refractivity contribution in [1.29, 1.82) is 0 Å². The van der Waals surface area contributed by atoms with Gasteiger partial charge in [0.2, 0.25) is 5.91 Å². The Labute approximate surface area is 144 Å². The van der Waals surface area contributed by atoms with Crippen LogP contribution in [0.2, 0.25) is 0 Å². The molecule has 1 amide bonds. The Hall–Kier alpha value is -1.94. The lowest BCUT2D eigenvalue weighted by molar-refractivity contribution is -0.123. The SMILES string of the molecule is Cc1cc2ccccc2c(C(C)(C)NC(=O)C[C@@H]2CCCN2C)n1. The van der Waals surface area contributed by atoms with Crippen molar-refractivity contribution < 1.29 is 4.79 Å². The van der Waals surface area contributed by atoms with Crippen LogP contribution in [0.25, 0.3) is 10.8 Å². The zero-order valence-corrected chi connectivity index (χ0v) is 15.1. The fourth-order valence-corrected chi connectivity index (χ4v) is 3.72. The maximum atomic E-state index is 12.6. The van der Waals surface area contributed by atoms with Crippen LogP contribution in [-0.2, 0) is 10.3 Å². The average molecular weight is 325 g/mol. The molecule has 0 saturated carbocycles. The first-order valence-electron chi connectivity index (χ1n) is 8.75. The monoisotopic (exact) mass is 325 g/mol. The Morgan fingerprint density at radius 1 is 1.38 bits per heavy atom. The van der Waals surface area contributed by atoms with E-state index in [1.54, 1.807) is 0 Å². The van der Waals surface area contributed by atoms with E-state index in [0.29, 0.717) is 12.5 Å². The van der Waals surface area contributed by atoms with Gasteiger partial charge in [0.05, 0.1) is 11.2 Å². The number of aryl methyl sites for hydroxylation is 1. The molecular formula is C20H27N3O. The summed E-state index contributed by atoms with van der Waals surface area (Å²) in [7, 11) is 2.10. The highest BCUT2D eigenvalue weighted by Crippen LogP contribution is 2.28. The smallest absolute Gasteiger partial charge is 0.222 e. The number of nitrogens with one attached hydrogen (secondary N) is 1. The normalized spacial score (nSPS) is 18.9. The van der Waals surface area contributed by atoms with Gasteiger partial charge in [-0.25, -0.2) is 0 Å². The van der Waals surface area contributed by atoms with Crippen molar-refractivity contribution in [3.63, 3.8) is 0 Å². The highest BCUT2D eigenvalue weighted by Gasteiger charge is 2.29. The molecule has 1 atom stereocenters. The Kier molecular flexibility index (Phi) is 4.59. The lowest BCUT2D eigenvalue weighted by Crippen LogP contribution is -2.44. The van der Waals surface area contributed by atoms with Crippen LogP contribution < -0.4 is 5.32 Å². The molecule has 1 N–H and O–H groups in total. The van der Waals surface area contributed by atoms with Gasteiger partial charge in [-0.15, -0.1) is 0 Å². The number of carbonyl (C=O) groups is 1. The first-order chi connectivity index (χ1) is 11.4. The second-order valence-corrected chi connectivity index (χ2v) is 7.49. The van der Waals surface area contributed by atoms with Crippen molar-refractivity contribution in [2.24, 2.45) is 0 Å². The summed E-state index contributed by atoms with van der Waals surface area (Å²) in [5, 5.41) is 5.48. The van der Waals surface area contributed by atoms with Crippen molar-refractivity contribution in [3.05, 3.63) is 41.7 Å². The Balaban J connectivity index is 1.83. The number of hydrogen-bond donors (Lipinski definition) is 1. The minimum atomic E-state index is -0.500. The first-order valence-corrected chi connectivity index (χ1v) is 8.75. The summed E-state index contributed by atoms with van der Waals surface area (Å²) >= 11 is 0. The molecule has 3 rings (SSSR count). The highest BCUT2D eigenvalue weighted by molar-refractivity contribution is 5.86. The molecule has 4 heteroatoms. The third kappa shape index (κ3) is 3.44. The van der Waals surface area contributed by atoms with E-state index in [9.17, 15) is 4.79 Å². The van der Waals surface area contributed by atoms with E-state index in [0.717, 1.165) is 35.1 Å². The number of aromatic nitrogens is 1. The maximum Gasteiger partial charge on any atom is 0.222 e. The molecule has 0 unspecified atom stereocenters. The third-order valence-electron chi connectivity index (χ3n) is 5.00. The van der Waals surface area contributed by atoms with Crippen molar-refractivity contribution in [1.82, 2.24) is 15.2 Å². The second-order valence-electron chi connectivity index (χ2n) is 7.49. The molecule has 24 heavy (non-hydrogen) atoms. The standard InChI is InChI=1S/C20H27N3O/c1-14-12-15-8-5-6-10-17(15)19(21-14)20(2,3)22-18(24)13-16-9-7-11-23(16)4/h5-6,8,10,12,16H,7,9,11,13H2,1-4H3,(H,22,24)/t16-/m0/s1. The number of amides is 1. The maximum absolute atomic E-state index is 12.6. The van der Waals surface area contributed by atoms with Crippen molar-refractivity contribution >= 4 is 16.7 Å². The Morgan fingerprint density at radius 2 is 2.12 bits per heavy atom. The van der Waals surface area contributed by atoms with Gasteiger partial charge in [-0.3, -0.25) is 9.78 Å². The number of likely N-dealkylation sites (tertiary alicyclic amines) is 1. The van der Waals surface area contributed by atoms with Crippen LogP contribution in [0.4, 0.5) is 0 Å². The predicted octanol–water partition coefficient (Wildman–Crippen LogP) is 3.38. The molecule has 1 fully saturated rings. The van der Waals surface area contributed by atoms with E-state index in [2.05, 4.69) is 35.5 Å². The molecule has 1 aliphatic rings. The molecule has 2 heterocycles. The predicted molar refractivity (Wildman–Crippen MR) is 97.9 cm³/mol. The molecule has 0 radical (unpaired) electrons. The topological polar surface area (TPSA) is 45.2 Å². The van der Waals surface area contributed by atoms with Crippen LogP contribution in [0.15, 0.2) is 30.3 Å². The molecule has 1 aromatic heterocycles. The lowest BCUT2D eigenvalue weighted by Gasteiger charge is -2.29. The van der Waals surface area contributed by atoms with Crippen LogP contribution in [0.1, 0.15) is 44.5 Å². The number of benzene rings is 1. The van der Waals surface area contributed by atoms with Crippen molar-refractivity contribution in [3.8, 4) is 0 Å². The van der Waals surface area contributed by atoms with E-state index in [1.807, 2.05) is 32.9 Å². The molecule has 0 bridgehead atoms. The van der Waals surface area contributed by atoms with Gasteiger partial charge in [-0.05, 0) is 58.7 Å². The van der Waals surface area contributed by atoms with Crippen molar-refractivity contribution in [2.45, 2.75) is 51.6 Å². The minimum absolute atomic E-state index is 0.103. The number of fused-ring (bicyclic) bond motifs is 1. The van der Waals surface area contributed by atoms with E-state index in [1.165, 1.54) is 6.42 Å². The number of hydrogen-bond acceptors (Lipinski definition) is 3. The average Bonchev–Trinajstić information content (AvgIpc) is 2.90. The summed E-state index contributed by atoms with van der Waals surface area (Å²) in [6, 6.07) is 10.7. The lowest BCUT2D eigenvalue weighted by atomic mass is 9.93. The van der Waals surface area contributed by atoms with Gasteiger partial charge in [-0.1, -0.05) is 24.3 Å². The quantitative estimate of drug-likeness (QED) is 0.937. The summed E-state index contributed by atoms with van der Waals surface area (Å²) in [5.41, 5.74) is 1.41. The van der Waals surface area contributed by atoms with Gasteiger partial charge in [0.1, 0.15) is 0 Å². The van der Waals surface area contributed by atoms with Gasteiger partial charge in [-0.2, -0.15) is 0 Å². The first kappa shape index (κ1) is 16.9. The number of rotatable bonds is 4. The van der Waals surface area contributed by atoms with Crippen LogP contribution in [-0.4, -0.2) is 35.4 Å². The van der Waals surface area contributed by atoms with E-state index in [-0.39, 0.29) is 5.91 Å². The third-order valence-corrected chi connectivity index (χ3v) is 5.00. The van der Waals surface area contributed by atoms with E-state index in [4.69, 9.17) is 4.98 Å². The summed E-state index contributed by atoms with van der Waals surface area (Å²) in [4.78, 5) is 19.6. The Bertz CT molecular complexity index is 754. The molecule has 1 aromatic carbocycles. The fourth-order valence-electron chi connectivity index (χ4n) is 3.72. The van der Waals surface area contributed by atoms with Gasteiger partial charge in [0, 0.05) is 23.5 Å². The molecule has 0 aliphatic carbocycles. The largest absolute Gasteiger partial charge is 0.346 e. The van der Waals surface area contributed by atoms with Crippen LogP contribution in [0.5, 0.6) is 0 Å². The van der Waals surface area contributed by atoms with E-state index < -0.39 is 5.54 Å². The molecule has 4 nitrogen and oxygen atoms in total. The fraction of sp³-hybridized carbons (Fsp3) is 0.500. The van der Waals surface area contributed by atoms with Crippen molar-refractivity contribution in [2.75, 3.05) is 13.6 Å². The summed E-state index contributed by atoms with van der Waals surface area (Å²) in [5.74, 6) is 0.103. The van der Waals surface area contributed by atoms with Gasteiger partial charge in [0.15, 0.2) is 0 Å². The number of pyridine rings is 1. The zero-order valence-electron chi connectivity index (χ0n) is 15.1. The zero-order chi connectivity index (χ0) is 17.3. The highest BCUT2D eigenvalue weighted by atomic mass is 16.1. The van der Waals surface area contributed by atoms with Gasteiger partial charge >= 0.3 is 0 Å². The summed E-state index contributed by atoms with van der Waals surface area (Å²) in [6.07, 6.45) is 2.85. The van der Waals surface area contributed by atoms with Gasteiger partial charge in [0.25, 0.3) is 0 Å². The summed E-state index contributed by atoms with van der Waals surface area (Å²) < 4.78 is 0. The van der Waals surface area contributed by atoms with Crippen LogP contribution in [0, 0.1) is 6.92 Å². The van der Waals surface area contributed by atoms with Crippen LogP contribution in [0.3, 0.4) is 0 Å². The van der Waals surface area contributed by atoms with E-state index >= 15 is 0 Å². The minimum Gasteiger partial charge on any atom is -0.346 e. The van der Waals surface area contributed by atoms with Crippen LogP contribution >= 0.6 is 0 Å².